The number of hydrogen-bond donors (Lipinski definition) is 2. The predicted octanol–water partition coefficient (Wildman–Crippen LogP) is 12.7. The summed E-state index contributed by atoms with van der Waals surface area (Å²) in [7, 11) is 0. The van der Waals surface area contributed by atoms with Crippen LogP contribution in [-0.2, 0) is 9.59 Å². The predicted molar refractivity (Wildman–Crippen MR) is 203 cm³/mol. The number of rotatable bonds is 37. The Morgan fingerprint density at radius 3 is 0.696 bits per heavy atom. The number of allylic oxidation sites excluding steroid dienone is 8. The number of carbonyl (C=O) groups is 2. The van der Waals surface area contributed by atoms with Crippen LogP contribution in [0.2, 0.25) is 0 Å². The molecular weight excluding hydrogens is 564 g/mol. The van der Waals surface area contributed by atoms with Gasteiger partial charge in [-0.2, -0.15) is 0 Å². The second kappa shape index (κ2) is 39.1. The molecule has 4 heteroatoms. The highest BCUT2D eigenvalue weighted by molar-refractivity contribution is 5.73. The van der Waals surface area contributed by atoms with Gasteiger partial charge in [0.2, 0.25) is 11.8 Å². The van der Waals surface area contributed by atoms with Gasteiger partial charge in [0.05, 0.1) is 0 Å². The first-order chi connectivity index (χ1) is 22.6. The van der Waals surface area contributed by atoms with Crippen molar-refractivity contribution in [2.75, 3.05) is 0 Å². The summed E-state index contributed by atoms with van der Waals surface area (Å²) < 4.78 is 0. The molecule has 0 unspecified atom stereocenters. The molecule has 0 saturated carbocycles. The summed E-state index contributed by atoms with van der Waals surface area (Å²) in [6.45, 7) is 0. The number of hydrogen-bond acceptors (Lipinski definition) is 2. The molecule has 0 heterocycles. The summed E-state index contributed by atoms with van der Waals surface area (Å²) in [6, 6.07) is 0. The topological polar surface area (TPSA) is 86.2 Å². The van der Waals surface area contributed by atoms with E-state index in [4.69, 9.17) is 11.5 Å². The molecule has 0 aliphatic heterocycles. The highest BCUT2D eigenvalue weighted by Crippen LogP contribution is 2.14. The maximum atomic E-state index is 10.7. The van der Waals surface area contributed by atoms with E-state index in [1.54, 1.807) is 0 Å². The van der Waals surface area contributed by atoms with E-state index in [2.05, 4.69) is 48.6 Å². The lowest BCUT2D eigenvalue weighted by Crippen LogP contribution is -2.09. The smallest absolute Gasteiger partial charge is 0.217 e. The van der Waals surface area contributed by atoms with E-state index in [0.717, 1.165) is 38.5 Å². The van der Waals surface area contributed by atoms with Crippen molar-refractivity contribution in [3.05, 3.63) is 48.6 Å². The summed E-state index contributed by atoms with van der Waals surface area (Å²) in [4.78, 5) is 21.4. The maximum Gasteiger partial charge on any atom is 0.217 e. The number of carbonyl (C=O) groups excluding carboxylic acids is 2. The van der Waals surface area contributed by atoms with Crippen molar-refractivity contribution in [3.63, 3.8) is 0 Å². The van der Waals surface area contributed by atoms with Crippen molar-refractivity contribution < 1.29 is 9.59 Å². The monoisotopic (exact) mass is 641 g/mol. The zero-order valence-corrected chi connectivity index (χ0v) is 30.2. The maximum absolute atomic E-state index is 10.7. The Balaban J connectivity index is 3.21. The summed E-state index contributed by atoms with van der Waals surface area (Å²) in [6.07, 6.45) is 58.0. The van der Waals surface area contributed by atoms with Crippen LogP contribution in [0.25, 0.3) is 0 Å². The Hall–Kier alpha value is -2.10. The van der Waals surface area contributed by atoms with Crippen LogP contribution < -0.4 is 11.5 Å². The normalized spacial score (nSPS) is 12.1. The second-order valence-electron chi connectivity index (χ2n) is 13.4. The molecule has 0 aromatic heterocycles. The van der Waals surface area contributed by atoms with Gasteiger partial charge in [0, 0.05) is 12.8 Å². The van der Waals surface area contributed by atoms with Gasteiger partial charge in [-0.3, -0.25) is 9.59 Å². The third-order valence-corrected chi connectivity index (χ3v) is 8.79. The first kappa shape index (κ1) is 43.9. The van der Waals surface area contributed by atoms with E-state index in [1.165, 1.54) is 154 Å². The Morgan fingerprint density at radius 1 is 0.283 bits per heavy atom. The molecule has 2 amide bonds. The van der Waals surface area contributed by atoms with Crippen LogP contribution in [0.5, 0.6) is 0 Å². The van der Waals surface area contributed by atoms with Crippen molar-refractivity contribution in [2.45, 2.75) is 205 Å². The molecule has 0 saturated heterocycles. The van der Waals surface area contributed by atoms with Crippen LogP contribution in [0.3, 0.4) is 0 Å². The van der Waals surface area contributed by atoms with Crippen LogP contribution >= 0.6 is 0 Å². The fourth-order valence-corrected chi connectivity index (χ4v) is 5.84. The van der Waals surface area contributed by atoms with Crippen LogP contribution in [-0.4, -0.2) is 11.8 Å². The highest BCUT2D eigenvalue weighted by atomic mass is 16.1. The average molecular weight is 641 g/mol. The third-order valence-electron chi connectivity index (χ3n) is 8.79. The molecule has 4 nitrogen and oxygen atoms in total. The summed E-state index contributed by atoms with van der Waals surface area (Å²) in [5.41, 5.74) is 10.3. The minimum absolute atomic E-state index is 0.170. The van der Waals surface area contributed by atoms with E-state index in [9.17, 15) is 9.59 Å². The van der Waals surface area contributed by atoms with Crippen molar-refractivity contribution >= 4 is 11.8 Å². The Kier molecular flexibility index (Phi) is 37.3. The molecule has 0 aromatic rings. The minimum Gasteiger partial charge on any atom is -0.370 e. The van der Waals surface area contributed by atoms with Gasteiger partial charge in [-0.25, -0.2) is 0 Å². The molecule has 0 radical (unpaired) electrons. The Bertz CT molecular complexity index is 704. The van der Waals surface area contributed by atoms with E-state index in [1.807, 2.05) is 0 Å². The fraction of sp³-hybridized carbons (Fsp3) is 0.762. The lowest BCUT2D eigenvalue weighted by Gasteiger charge is -2.03. The van der Waals surface area contributed by atoms with Crippen molar-refractivity contribution in [2.24, 2.45) is 11.5 Å². The van der Waals surface area contributed by atoms with Crippen LogP contribution in [0, 0.1) is 0 Å². The Morgan fingerprint density at radius 2 is 0.478 bits per heavy atom. The fourth-order valence-electron chi connectivity index (χ4n) is 5.84. The molecule has 0 atom stereocenters. The Labute approximate surface area is 286 Å². The first-order valence-electron chi connectivity index (χ1n) is 19.8. The molecule has 0 spiro atoms. The summed E-state index contributed by atoms with van der Waals surface area (Å²) in [5, 5.41) is 0. The largest absolute Gasteiger partial charge is 0.370 e. The number of amides is 2. The zero-order chi connectivity index (χ0) is 33.4. The van der Waals surface area contributed by atoms with E-state index >= 15 is 0 Å². The molecule has 0 bridgehead atoms. The average Bonchev–Trinajstić information content (AvgIpc) is 3.03. The molecule has 0 rings (SSSR count). The molecule has 0 fully saturated rings. The van der Waals surface area contributed by atoms with E-state index < -0.39 is 0 Å². The van der Waals surface area contributed by atoms with Gasteiger partial charge in [-0.05, 0) is 77.0 Å². The van der Waals surface area contributed by atoms with Crippen LogP contribution in [0.1, 0.15) is 205 Å². The van der Waals surface area contributed by atoms with Crippen molar-refractivity contribution in [1.82, 2.24) is 0 Å². The highest BCUT2D eigenvalue weighted by Gasteiger charge is 1.96. The lowest BCUT2D eigenvalue weighted by atomic mass is 10.0. The summed E-state index contributed by atoms with van der Waals surface area (Å²) >= 11 is 0. The van der Waals surface area contributed by atoms with Gasteiger partial charge in [0.15, 0.2) is 0 Å². The minimum atomic E-state index is -0.170. The molecule has 266 valence electrons. The first-order valence-corrected chi connectivity index (χ1v) is 19.8. The summed E-state index contributed by atoms with van der Waals surface area (Å²) in [5.74, 6) is -0.340. The van der Waals surface area contributed by atoms with Gasteiger partial charge in [0.25, 0.3) is 0 Å². The van der Waals surface area contributed by atoms with Crippen molar-refractivity contribution in [1.29, 1.82) is 0 Å². The van der Waals surface area contributed by atoms with Gasteiger partial charge < -0.3 is 11.5 Å². The molecular formula is C42H76N2O2. The molecule has 0 aromatic carbocycles. The SMILES string of the molecule is NC(=O)CCCCCCCC=CCC=CCCCCCCCCCCCCCCCCC=CCC=CCCCCCCCC(N)=O. The van der Waals surface area contributed by atoms with Crippen LogP contribution in [0.4, 0.5) is 0 Å². The van der Waals surface area contributed by atoms with Gasteiger partial charge in [0.1, 0.15) is 0 Å². The van der Waals surface area contributed by atoms with Crippen LogP contribution in [0.15, 0.2) is 48.6 Å². The van der Waals surface area contributed by atoms with Crippen molar-refractivity contribution in [3.8, 4) is 0 Å². The standard InChI is InChI=1S/C42H76N2O2/c43-41(45)39-37-35-33-31-29-27-25-23-21-19-17-15-13-11-9-7-5-3-1-2-4-6-8-10-12-14-16-18-20-22-24-26-28-30-32-34-36-38-40-42(44)46/h17-20,23-26H,1-16,21-22,27-40H2,(H2,43,45)(H2,44,46). The lowest BCUT2D eigenvalue weighted by molar-refractivity contribution is -0.119. The van der Waals surface area contributed by atoms with Gasteiger partial charge >= 0.3 is 0 Å². The van der Waals surface area contributed by atoms with E-state index in [0.29, 0.717) is 12.8 Å². The molecule has 0 aliphatic rings. The number of unbranched alkanes of at least 4 members (excludes halogenated alkanes) is 25. The third kappa shape index (κ3) is 41.9. The molecule has 46 heavy (non-hydrogen) atoms. The van der Waals surface area contributed by atoms with Gasteiger partial charge in [-0.1, -0.05) is 164 Å². The number of primary amides is 2. The molecule has 0 aliphatic carbocycles. The molecule has 4 N–H and O–H groups in total. The van der Waals surface area contributed by atoms with E-state index in [-0.39, 0.29) is 11.8 Å². The van der Waals surface area contributed by atoms with Gasteiger partial charge in [-0.15, -0.1) is 0 Å². The number of nitrogens with two attached hydrogens (primary N) is 2. The zero-order valence-electron chi connectivity index (χ0n) is 30.2. The second-order valence-corrected chi connectivity index (χ2v) is 13.4. The quantitative estimate of drug-likeness (QED) is 0.0523.